The van der Waals surface area contributed by atoms with Crippen molar-refractivity contribution < 1.29 is 23.1 Å². The van der Waals surface area contributed by atoms with Gasteiger partial charge in [-0.05, 0) is 47.7 Å². The standard InChI is InChI=1S/C25H27ClF2N4O3/c1-3-4-7-20(32(2)24(33)30-14-17-6-5-8-21(28)23(17)26)15-35-25(34)31-22-12-18-11-19(27)10-9-16(18)13-29-22/h5-6,8-13,20H,3-4,7,14-15H2,1-2H3,(H,30,33)(H,29,31,34)/t20-/m0/s1. The minimum atomic E-state index is -0.741. The van der Waals surface area contributed by atoms with Crippen LogP contribution < -0.4 is 10.6 Å². The summed E-state index contributed by atoms with van der Waals surface area (Å²) in [5.41, 5.74) is 0.455. The van der Waals surface area contributed by atoms with Gasteiger partial charge in [-0.15, -0.1) is 0 Å². The van der Waals surface area contributed by atoms with Crippen LogP contribution in [0.15, 0.2) is 48.7 Å². The van der Waals surface area contributed by atoms with Crippen LogP contribution in [0.3, 0.4) is 0 Å². The zero-order valence-electron chi connectivity index (χ0n) is 19.5. The van der Waals surface area contributed by atoms with Crippen LogP contribution in [0.25, 0.3) is 10.8 Å². The SMILES string of the molecule is CCCC[C@@H](COC(=O)Nc1cc2cc(F)ccc2cn1)N(C)C(=O)NCc1cccc(F)c1Cl. The van der Waals surface area contributed by atoms with E-state index in [9.17, 15) is 18.4 Å². The molecular weight excluding hydrogens is 478 g/mol. The molecule has 3 rings (SSSR count). The van der Waals surface area contributed by atoms with Gasteiger partial charge < -0.3 is 15.0 Å². The fraction of sp³-hybridized carbons (Fsp3) is 0.320. The van der Waals surface area contributed by atoms with Crippen LogP contribution in [0.4, 0.5) is 24.2 Å². The molecule has 2 N–H and O–H groups in total. The Morgan fingerprint density at radius 2 is 1.97 bits per heavy atom. The van der Waals surface area contributed by atoms with Gasteiger partial charge in [0.2, 0.25) is 0 Å². The van der Waals surface area contributed by atoms with Gasteiger partial charge in [0.15, 0.2) is 0 Å². The molecule has 7 nitrogen and oxygen atoms in total. The quantitative estimate of drug-likeness (QED) is 0.368. The number of carbonyl (C=O) groups is 2. The molecule has 0 saturated carbocycles. The van der Waals surface area contributed by atoms with E-state index in [1.807, 2.05) is 6.92 Å². The Balaban J connectivity index is 1.57. The van der Waals surface area contributed by atoms with Crippen molar-refractivity contribution in [3.63, 3.8) is 0 Å². The van der Waals surface area contributed by atoms with Crippen molar-refractivity contribution in [2.45, 2.75) is 38.8 Å². The normalized spacial score (nSPS) is 11.7. The number of fused-ring (bicyclic) bond motifs is 1. The summed E-state index contributed by atoms with van der Waals surface area (Å²) in [6, 6.07) is 9.42. The van der Waals surface area contributed by atoms with Gasteiger partial charge in [-0.2, -0.15) is 0 Å². The molecule has 0 aliphatic rings. The van der Waals surface area contributed by atoms with E-state index in [0.717, 1.165) is 18.2 Å². The number of anilines is 1. The zero-order valence-corrected chi connectivity index (χ0v) is 20.2. The first kappa shape index (κ1) is 26.2. The van der Waals surface area contributed by atoms with Crippen molar-refractivity contribution in [2.75, 3.05) is 19.0 Å². The Hall–Kier alpha value is -3.46. The molecule has 0 aliphatic carbocycles. The van der Waals surface area contributed by atoms with Gasteiger partial charge in [0.25, 0.3) is 0 Å². The number of likely N-dealkylation sites (N-methyl/N-ethyl adjacent to an activating group) is 1. The molecule has 1 atom stereocenters. The third kappa shape index (κ3) is 7.26. The number of nitrogens with one attached hydrogen (secondary N) is 2. The summed E-state index contributed by atoms with van der Waals surface area (Å²) in [4.78, 5) is 30.6. The lowest BCUT2D eigenvalue weighted by Gasteiger charge is -2.28. The number of benzene rings is 2. The number of hydrogen-bond acceptors (Lipinski definition) is 4. The number of rotatable bonds is 9. The first-order valence-corrected chi connectivity index (χ1v) is 11.6. The molecule has 0 saturated heterocycles. The summed E-state index contributed by atoms with van der Waals surface area (Å²) in [5.74, 6) is -0.730. The molecule has 35 heavy (non-hydrogen) atoms. The van der Waals surface area contributed by atoms with E-state index in [2.05, 4.69) is 15.6 Å². The van der Waals surface area contributed by atoms with E-state index in [1.54, 1.807) is 25.2 Å². The lowest BCUT2D eigenvalue weighted by molar-refractivity contribution is 0.113. The van der Waals surface area contributed by atoms with Crippen LogP contribution in [0.1, 0.15) is 31.7 Å². The fourth-order valence-electron chi connectivity index (χ4n) is 3.47. The first-order valence-electron chi connectivity index (χ1n) is 11.2. The topological polar surface area (TPSA) is 83.6 Å². The highest BCUT2D eigenvalue weighted by Crippen LogP contribution is 2.20. The molecule has 2 aromatic carbocycles. The molecule has 0 aliphatic heterocycles. The van der Waals surface area contributed by atoms with Crippen LogP contribution >= 0.6 is 11.6 Å². The molecule has 1 heterocycles. The summed E-state index contributed by atoms with van der Waals surface area (Å²) in [6.45, 7) is 2.03. The number of halogens is 3. The lowest BCUT2D eigenvalue weighted by atomic mass is 10.1. The van der Waals surface area contributed by atoms with Crippen LogP contribution in [-0.4, -0.2) is 41.7 Å². The number of pyridine rings is 1. The summed E-state index contributed by atoms with van der Waals surface area (Å²) < 4.78 is 32.5. The third-order valence-electron chi connectivity index (χ3n) is 5.54. The van der Waals surface area contributed by atoms with E-state index in [-0.39, 0.29) is 30.0 Å². The Kier molecular flexibility index (Phi) is 9.19. The number of hydrogen-bond donors (Lipinski definition) is 2. The molecule has 0 unspecified atom stereocenters. The summed E-state index contributed by atoms with van der Waals surface area (Å²) >= 11 is 5.95. The molecular formula is C25H27ClF2N4O3. The second-order valence-corrected chi connectivity index (χ2v) is 8.44. The average molecular weight is 505 g/mol. The van der Waals surface area contributed by atoms with Gasteiger partial charge >= 0.3 is 12.1 Å². The number of urea groups is 1. The fourth-order valence-corrected chi connectivity index (χ4v) is 3.66. The Labute approximate surface area is 207 Å². The zero-order chi connectivity index (χ0) is 25.4. The second kappa shape index (κ2) is 12.3. The third-order valence-corrected chi connectivity index (χ3v) is 5.96. The van der Waals surface area contributed by atoms with E-state index < -0.39 is 23.8 Å². The van der Waals surface area contributed by atoms with Crippen molar-refractivity contribution >= 4 is 40.3 Å². The van der Waals surface area contributed by atoms with Gasteiger partial charge in [0.05, 0.1) is 11.1 Å². The molecule has 3 aromatic rings. The highest BCUT2D eigenvalue weighted by Gasteiger charge is 2.22. The number of nitrogens with zero attached hydrogens (tertiary/aromatic N) is 2. The Morgan fingerprint density at radius 1 is 1.17 bits per heavy atom. The second-order valence-electron chi connectivity index (χ2n) is 8.06. The molecule has 0 bridgehead atoms. The number of ether oxygens (including phenoxy) is 1. The molecule has 0 spiro atoms. The number of aromatic nitrogens is 1. The van der Waals surface area contributed by atoms with E-state index in [0.29, 0.717) is 17.4 Å². The molecule has 3 amide bonds. The number of unbranched alkanes of at least 4 members (excludes halogenated alkanes) is 1. The lowest BCUT2D eigenvalue weighted by Crippen LogP contribution is -2.46. The Morgan fingerprint density at radius 3 is 2.74 bits per heavy atom. The van der Waals surface area contributed by atoms with Gasteiger partial charge in [0.1, 0.15) is 24.1 Å². The minimum Gasteiger partial charge on any atom is -0.447 e. The van der Waals surface area contributed by atoms with Crippen LogP contribution in [-0.2, 0) is 11.3 Å². The maximum absolute atomic E-state index is 13.6. The van der Waals surface area contributed by atoms with E-state index in [1.165, 1.54) is 35.4 Å². The first-order chi connectivity index (χ1) is 16.8. The minimum absolute atomic E-state index is 0.0389. The van der Waals surface area contributed by atoms with Crippen molar-refractivity contribution in [3.05, 3.63) is 70.9 Å². The predicted octanol–water partition coefficient (Wildman–Crippen LogP) is 6.12. The highest BCUT2D eigenvalue weighted by molar-refractivity contribution is 6.31. The smallest absolute Gasteiger partial charge is 0.412 e. The highest BCUT2D eigenvalue weighted by atomic mass is 35.5. The molecule has 1 aromatic heterocycles. The molecule has 0 radical (unpaired) electrons. The summed E-state index contributed by atoms with van der Waals surface area (Å²) in [5, 5.41) is 6.52. The van der Waals surface area contributed by atoms with Crippen molar-refractivity contribution in [1.82, 2.24) is 15.2 Å². The van der Waals surface area contributed by atoms with Crippen LogP contribution in [0, 0.1) is 11.6 Å². The summed E-state index contributed by atoms with van der Waals surface area (Å²) in [6.07, 6.45) is 3.12. The molecule has 0 fully saturated rings. The van der Waals surface area contributed by atoms with Crippen LogP contribution in [0.2, 0.25) is 5.02 Å². The summed E-state index contributed by atoms with van der Waals surface area (Å²) in [7, 11) is 1.60. The predicted molar refractivity (Wildman–Crippen MR) is 131 cm³/mol. The van der Waals surface area contributed by atoms with E-state index >= 15 is 0 Å². The Bertz CT molecular complexity index is 1190. The van der Waals surface area contributed by atoms with Crippen molar-refractivity contribution in [2.24, 2.45) is 0 Å². The van der Waals surface area contributed by atoms with Crippen molar-refractivity contribution in [3.8, 4) is 0 Å². The average Bonchev–Trinajstić information content (AvgIpc) is 2.84. The van der Waals surface area contributed by atoms with Crippen LogP contribution in [0.5, 0.6) is 0 Å². The molecule has 186 valence electrons. The molecule has 10 heteroatoms. The maximum atomic E-state index is 13.6. The van der Waals surface area contributed by atoms with Gasteiger partial charge in [-0.25, -0.2) is 23.4 Å². The van der Waals surface area contributed by atoms with Gasteiger partial charge in [-0.1, -0.05) is 43.5 Å². The number of carbonyl (C=O) groups excluding carboxylic acids is 2. The van der Waals surface area contributed by atoms with Crippen molar-refractivity contribution in [1.29, 1.82) is 0 Å². The van der Waals surface area contributed by atoms with Gasteiger partial charge in [0, 0.05) is 25.2 Å². The van der Waals surface area contributed by atoms with E-state index in [4.69, 9.17) is 16.3 Å². The maximum Gasteiger partial charge on any atom is 0.412 e. The number of amides is 3. The largest absolute Gasteiger partial charge is 0.447 e. The monoisotopic (exact) mass is 504 g/mol. The van der Waals surface area contributed by atoms with Gasteiger partial charge in [-0.3, -0.25) is 5.32 Å².